The standard InChI is InChI=1S/C9H18N2O3/c1-14-8(12)6-4-2-3-5-7-11-9(10)13/h2-7H2,1H3,(H3,10,11,13). The van der Waals surface area contributed by atoms with E-state index in [2.05, 4.69) is 10.1 Å². The van der Waals surface area contributed by atoms with Gasteiger partial charge in [0.25, 0.3) is 0 Å². The number of nitrogens with two attached hydrogens (primary N) is 1. The summed E-state index contributed by atoms with van der Waals surface area (Å²) in [5, 5.41) is 2.50. The van der Waals surface area contributed by atoms with Crippen LogP contribution in [-0.4, -0.2) is 25.7 Å². The van der Waals surface area contributed by atoms with Crippen molar-refractivity contribution < 1.29 is 14.3 Å². The Morgan fingerprint density at radius 3 is 2.43 bits per heavy atom. The molecule has 0 aliphatic rings. The first kappa shape index (κ1) is 12.7. The first-order chi connectivity index (χ1) is 6.66. The Morgan fingerprint density at radius 1 is 1.21 bits per heavy atom. The van der Waals surface area contributed by atoms with E-state index in [1.807, 2.05) is 0 Å². The minimum absolute atomic E-state index is 0.166. The molecule has 5 heteroatoms. The minimum Gasteiger partial charge on any atom is -0.469 e. The number of ether oxygens (including phenoxy) is 1. The third-order valence-electron chi connectivity index (χ3n) is 1.83. The molecular weight excluding hydrogens is 184 g/mol. The van der Waals surface area contributed by atoms with Crippen LogP contribution in [0.5, 0.6) is 0 Å². The third-order valence-corrected chi connectivity index (χ3v) is 1.83. The molecule has 2 amide bonds. The van der Waals surface area contributed by atoms with Crippen LogP contribution in [0, 0.1) is 0 Å². The average Bonchev–Trinajstić information content (AvgIpc) is 2.15. The number of urea groups is 1. The number of hydrogen-bond acceptors (Lipinski definition) is 3. The Morgan fingerprint density at radius 2 is 1.86 bits per heavy atom. The van der Waals surface area contributed by atoms with Crippen LogP contribution < -0.4 is 11.1 Å². The van der Waals surface area contributed by atoms with Crippen LogP contribution in [0.4, 0.5) is 4.79 Å². The number of primary amides is 1. The van der Waals surface area contributed by atoms with Gasteiger partial charge in [0.2, 0.25) is 0 Å². The maximum atomic E-state index is 10.7. The number of amides is 2. The highest BCUT2D eigenvalue weighted by Gasteiger charge is 1.98. The summed E-state index contributed by atoms with van der Waals surface area (Å²) in [5.41, 5.74) is 4.88. The lowest BCUT2D eigenvalue weighted by atomic mass is 10.1. The second kappa shape index (κ2) is 8.34. The van der Waals surface area contributed by atoms with Crippen molar-refractivity contribution >= 4 is 12.0 Å². The fraction of sp³-hybridized carbons (Fsp3) is 0.778. The molecule has 0 aliphatic carbocycles. The van der Waals surface area contributed by atoms with Gasteiger partial charge in [0, 0.05) is 13.0 Å². The molecule has 14 heavy (non-hydrogen) atoms. The fourth-order valence-electron chi connectivity index (χ4n) is 1.06. The van der Waals surface area contributed by atoms with Gasteiger partial charge in [-0.1, -0.05) is 12.8 Å². The monoisotopic (exact) mass is 202 g/mol. The van der Waals surface area contributed by atoms with Crippen molar-refractivity contribution in [3.63, 3.8) is 0 Å². The summed E-state index contributed by atoms with van der Waals surface area (Å²) in [6.45, 7) is 0.605. The number of nitrogens with one attached hydrogen (secondary N) is 1. The van der Waals surface area contributed by atoms with E-state index in [0.717, 1.165) is 25.7 Å². The lowest BCUT2D eigenvalue weighted by Crippen LogP contribution is -2.29. The number of rotatable bonds is 7. The van der Waals surface area contributed by atoms with Crippen molar-refractivity contribution in [2.75, 3.05) is 13.7 Å². The van der Waals surface area contributed by atoms with Crippen molar-refractivity contribution in [1.82, 2.24) is 5.32 Å². The molecule has 0 aromatic rings. The number of unbranched alkanes of at least 4 members (excludes halogenated alkanes) is 3. The Labute approximate surface area is 84.0 Å². The maximum absolute atomic E-state index is 10.7. The number of methoxy groups -OCH3 is 1. The first-order valence-electron chi connectivity index (χ1n) is 4.77. The number of carbonyl (C=O) groups excluding carboxylic acids is 2. The number of hydrogen-bond donors (Lipinski definition) is 2. The molecule has 0 aliphatic heterocycles. The van der Waals surface area contributed by atoms with E-state index in [4.69, 9.17) is 5.73 Å². The van der Waals surface area contributed by atoms with E-state index < -0.39 is 6.03 Å². The third kappa shape index (κ3) is 8.83. The van der Waals surface area contributed by atoms with Gasteiger partial charge in [0.05, 0.1) is 7.11 Å². The van der Waals surface area contributed by atoms with Crippen molar-refractivity contribution in [2.45, 2.75) is 32.1 Å². The molecule has 0 unspecified atom stereocenters. The highest BCUT2D eigenvalue weighted by atomic mass is 16.5. The van der Waals surface area contributed by atoms with Gasteiger partial charge in [0.1, 0.15) is 0 Å². The molecule has 0 aromatic heterocycles. The van der Waals surface area contributed by atoms with Crippen LogP contribution in [-0.2, 0) is 9.53 Å². The number of esters is 1. The molecule has 0 saturated heterocycles. The van der Waals surface area contributed by atoms with Crippen molar-refractivity contribution in [3.8, 4) is 0 Å². The van der Waals surface area contributed by atoms with Crippen LogP contribution in [0.15, 0.2) is 0 Å². The molecule has 0 bridgehead atoms. The summed E-state index contributed by atoms with van der Waals surface area (Å²) >= 11 is 0. The van der Waals surface area contributed by atoms with E-state index in [9.17, 15) is 9.59 Å². The van der Waals surface area contributed by atoms with Gasteiger partial charge >= 0.3 is 12.0 Å². The molecule has 82 valence electrons. The maximum Gasteiger partial charge on any atom is 0.312 e. The highest BCUT2D eigenvalue weighted by molar-refractivity contribution is 5.71. The number of carbonyl (C=O) groups is 2. The highest BCUT2D eigenvalue weighted by Crippen LogP contribution is 2.02. The molecule has 0 atom stereocenters. The van der Waals surface area contributed by atoms with Crippen LogP contribution in [0.2, 0.25) is 0 Å². The summed E-state index contributed by atoms with van der Waals surface area (Å²) in [6.07, 6.45) is 4.15. The Balaban J connectivity index is 3.06. The van der Waals surface area contributed by atoms with Gasteiger partial charge in [-0.2, -0.15) is 0 Å². The lowest BCUT2D eigenvalue weighted by molar-refractivity contribution is -0.140. The molecule has 0 aromatic carbocycles. The normalized spacial score (nSPS) is 9.50. The summed E-state index contributed by atoms with van der Waals surface area (Å²) in [7, 11) is 1.39. The summed E-state index contributed by atoms with van der Waals surface area (Å²) < 4.78 is 4.50. The molecule has 0 fully saturated rings. The van der Waals surface area contributed by atoms with E-state index in [0.29, 0.717) is 13.0 Å². The average molecular weight is 202 g/mol. The second-order valence-corrected chi connectivity index (χ2v) is 3.03. The molecule has 0 saturated carbocycles. The van der Waals surface area contributed by atoms with Crippen LogP contribution in [0.1, 0.15) is 32.1 Å². The second-order valence-electron chi connectivity index (χ2n) is 3.03. The zero-order valence-electron chi connectivity index (χ0n) is 8.54. The minimum atomic E-state index is -0.487. The molecule has 3 N–H and O–H groups in total. The molecular formula is C9H18N2O3. The van der Waals surface area contributed by atoms with Gasteiger partial charge in [-0.25, -0.2) is 4.79 Å². The fourth-order valence-corrected chi connectivity index (χ4v) is 1.06. The summed E-state index contributed by atoms with van der Waals surface area (Å²) in [6, 6.07) is -0.487. The van der Waals surface area contributed by atoms with Crippen molar-refractivity contribution in [1.29, 1.82) is 0 Å². The predicted molar refractivity (Wildman–Crippen MR) is 52.7 cm³/mol. The molecule has 0 spiro atoms. The Kier molecular flexibility index (Phi) is 7.59. The van der Waals surface area contributed by atoms with Crippen LogP contribution in [0.25, 0.3) is 0 Å². The predicted octanol–water partition coefficient (Wildman–Crippen LogP) is 0.778. The van der Waals surface area contributed by atoms with Crippen LogP contribution in [0.3, 0.4) is 0 Å². The van der Waals surface area contributed by atoms with Gasteiger partial charge in [-0.15, -0.1) is 0 Å². The quantitative estimate of drug-likeness (QED) is 0.472. The van der Waals surface area contributed by atoms with Gasteiger partial charge in [-0.3, -0.25) is 4.79 Å². The largest absolute Gasteiger partial charge is 0.469 e. The Hall–Kier alpha value is -1.26. The molecule has 0 rings (SSSR count). The van der Waals surface area contributed by atoms with E-state index in [1.54, 1.807) is 0 Å². The van der Waals surface area contributed by atoms with Crippen LogP contribution >= 0.6 is 0 Å². The zero-order valence-corrected chi connectivity index (χ0v) is 8.54. The van der Waals surface area contributed by atoms with E-state index >= 15 is 0 Å². The molecule has 5 nitrogen and oxygen atoms in total. The van der Waals surface area contributed by atoms with Gasteiger partial charge in [-0.05, 0) is 12.8 Å². The van der Waals surface area contributed by atoms with E-state index in [1.165, 1.54) is 7.11 Å². The topological polar surface area (TPSA) is 81.4 Å². The Bertz CT molecular complexity index is 183. The smallest absolute Gasteiger partial charge is 0.312 e. The lowest BCUT2D eigenvalue weighted by Gasteiger charge is -2.01. The van der Waals surface area contributed by atoms with Crippen molar-refractivity contribution in [3.05, 3.63) is 0 Å². The molecule has 0 radical (unpaired) electrons. The van der Waals surface area contributed by atoms with Gasteiger partial charge in [0.15, 0.2) is 0 Å². The zero-order chi connectivity index (χ0) is 10.8. The van der Waals surface area contributed by atoms with Crippen molar-refractivity contribution in [2.24, 2.45) is 5.73 Å². The van der Waals surface area contributed by atoms with E-state index in [-0.39, 0.29) is 5.97 Å². The summed E-state index contributed by atoms with van der Waals surface area (Å²) in [5.74, 6) is -0.166. The van der Waals surface area contributed by atoms with Gasteiger partial charge < -0.3 is 15.8 Å². The first-order valence-corrected chi connectivity index (χ1v) is 4.77. The SMILES string of the molecule is COC(=O)CCCCCCNC(N)=O. The summed E-state index contributed by atoms with van der Waals surface area (Å²) in [4.78, 5) is 21.0. The molecule has 0 heterocycles.